The smallest absolute Gasteiger partial charge is 0.238 e. The largest absolute Gasteiger partial charge is 0.344 e. The fourth-order valence-corrected chi connectivity index (χ4v) is 1.41. The average molecular weight is 261 g/mol. The number of hydrogen-bond donors (Lipinski definition) is 1. The zero-order valence-corrected chi connectivity index (χ0v) is 10.8. The molecule has 1 unspecified atom stereocenters. The molecule has 3 nitrogen and oxygen atoms in total. The molecule has 5 heteroatoms. The molecule has 0 spiro atoms. The van der Waals surface area contributed by atoms with Crippen molar-refractivity contribution in [1.82, 2.24) is 4.90 Å². The number of amides is 1. The molecule has 1 aromatic carbocycles. The zero-order valence-electron chi connectivity index (χ0n) is 10.0. The molecule has 0 radical (unpaired) electrons. The van der Waals surface area contributed by atoms with E-state index in [1.165, 1.54) is 12.1 Å². The van der Waals surface area contributed by atoms with Crippen LogP contribution in [0.4, 0.5) is 4.39 Å². The Morgan fingerprint density at radius 3 is 2.41 bits per heavy atom. The van der Waals surface area contributed by atoms with Gasteiger partial charge in [0.2, 0.25) is 5.91 Å². The van der Waals surface area contributed by atoms with E-state index in [0.29, 0.717) is 13.0 Å². The molecule has 0 saturated carbocycles. The predicted octanol–water partition coefficient (Wildman–Crippen LogP) is 1.60. The van der Waals surface area contributed by atoms with Crippen LogP contribution in [0.15, 0.2) is 24.3 Å². The first kappa shape index (κ1) is 15.9. The molecule has 1 aromatic rings. The minimum absolute atomic E-state index is 0. The number of hydrogen-bond acceptors (Lipinski definition) is 2. The van der Waals surface area contributed by atoms with Gasteiger partial charge in [0.15, 0.2) is 0 Å². The van der Waals surface area contributed by atoms with Gasteiger partial charge in [-0.3, -0.25) is 4.79 Å². The third-order valence-electron chi connectivity index (χ3n) is 2.41. The highest BCUT2D eigenvalue weighted by Crippen LogP contribution is 2.04. The number of halogens is 2. The van der Waals surface area contributed by atoms with E-state index in [9.17, 15) is 9.18 Å². The molecule has 1 rings (SSSR count). The first-order valence-corrected chi connectivity index (χ1v) is 5.25. The van der Waals surface area contributed by atoms with Crippen LogP contribution < -0.4 is 5.73 Å². The number of rotatable bonds is 4. The molecule has 0 aliphatic carbocycles. The number of carbonyl (C=O) groups excluding carboxylic acids is 1. The van der Waals surface area contributed by atoms with Crippen LogP contribution in [0.25, 0.3) is 0 Å². The molecule has 0 saturated heterocycles. The molecule has 17 heavy (non-hydrogen) atoms. The summed E-state index contributed by atoms with van der Waals surface area (Å²) < 4.78 is 12.6. The van der Waals surface area contributed by atoms with Crippen LogP contribution in [0, 0.1) is 5.82 Å². The molecule has 96 valence electrons. The standard InChI is InChI=1S/C12H17FN2O.ClH/c1-9(14)12(16)15(2)8-7-10-3-5-11(13)6-4-10;/h3-6,9H,7-8,14H2,1-2H3;1H. The van der Waals surface area contributed by atoms with Gasteiger partial charge in [-0.1, -0.05) is 12.1 Å². The molecule has 0 aromatic heterocycles. The first-order chi connectivity index (χ1) is 7.50. The number of nitrogens with two attached hydrogens (primary N) is 1. The molecule has 0 bridgehead atoms. The molecular formula is C12H18ClFN2O. The minimum atomic E-state index is -0.474. The maximum Gasteiger partial charge on any atom is 0.238 e. The second kappa shape index (κ2) is 7.25. The molecule has 2 N–H and O–H groups in total. The maximum absolute atomic E-state index is 12.6. The average Bonchev–Trinajstić information content (AvgIpc) is 2.26. The molecular weight excluding hydrogens is 243 g/mol. The summed E-state index contributed by atoms with van der Waals surface area (Å²) in [6, 6.07) is 5.81. The summed E-state index contributed by atoms with van der Waals surface area (Å²) in [4.78, 5) is 13.1. The van der Waals surface area contributed by atoms with Crippen molar-refractivity contribution in [2.45, 2.75) is 19.4 Å². The van der Waals surface area contributed by atoms with Gasteiger partial charge in [-0.05, 0) is 31.0 Å². The van der Waals surface area contributed by atoms with E-state index in [0.717, 1.165) is 5.56 Å². The zero-order chi connectivity index (χ0) is 12.1. The summed E-state index contributed by atoms with van der Waals surface area (Å²) in [7, 11) is 1.72. The Morgan fingerprint density at radius 2 is 1.94 bits per heavy atom. The molecule has 1 amide bonds. The van der Waals surface area contributed by atoms with Crippen LogP contribution in [-0.4, -0.2) is 30.4 Å². The van der Waals surface area contributed by atoms with Crippen molar-refractivity contribution in [2.24, 2.45) is 5.73 Å². The first-order valence-electron chi connectivity index (χ1n) is 5.25. The van der Waals surface area contributed by atoms with Crippen molar-refractivity contribution >= 4 is 18.3 Å². The number of likely N-dealkylation sites (N-methyl/N-ethyl adjacent to an activating group) is 1. The van der Waals surface area contributed by atoms with E-state index < -0.39 is 6.04 Å². The van der Waals surface area contributed by atoms with Crippen molar-refractivity contribution in [3.8, 4) is 0 Å². The number of benzene rings is 1. The molecule has 0 aliphatic rings. The third-order valence-corrected chi connectivity index (χ3v) is 2.41. The van der Waals surface area contributed by atoms with E-state index >= 15 is 0 Å². The van der Waals surface area contributed by atoms with Crippen molar-refractivity contribution in [1.29, 1.82) is 0 Å². The van der Waals surface area contributed by atoms with Gasteiger partial charge in [-0.2, -0.15) is 0 Å². The highest BCUT2D eigenvalue weighted by Gasteiger charge is 2.12. The second-order valence-electron chi connectivity index (χ2n) is 3.92. The van der Waals surface area contributed by atoms with Crippen LogP contribution in [0.3, 0.4) is 0 Å². The van der Waals surface area contributed by atoms with Crippen LogP contribution in [0.1, 0.15) is 12.5 Å². The second-order valence-corrected chi connectivity index (χ2v) is 3.92. The summed E-state index contributed by atoms with van der Waals surface area (Å²) >= 11 is 0. The third kappa shape index (κ3) is 5.15. The van der Waals surface area contributed by atoms with Crippen LogP contribution in [-0.2, 0) is 11.2 Å². The topological polar surface area (TPSA) is 46.3 Å². The van der Waals surface area contributed by atoms with E-state index in [2.05, 4.69) is 0 Å². The van der Waals surface area contributed by atoms with Gasteiger partial charge >= 0.3 is 0 Å². The number of carbonyl (C=O) groups is 1. The van der Waals surface area contributed by atoms with Gasteiger partial charge in [0, 0.05) is 13.6 Å². The highest BCUT2D eigenvalue weighted by atomic mass is 35.5. The quantitative estimate of drug-likeness (QED) is 0.894. The lowest BCUT2D eigenvalue weighted by atomic mass is 10.1. The Morgan fingerprint density at radius 1 is 1.41 bits per heavy atom. The van der Waals surface area contributed by atoms with E-state index in [-0.39, 0.29) is 24.1 Å². The van der Waals surface area contributed by atoms with Crippen molar-refractivity contribution in [3.05, 3.63) is 35.6 Å². The summed E-state index contributed by atoms with van der Waals surface area (Å²) in [6.07, 6.45) is 0.704. The Kier molecular flexibility index (Phi) is 6.76. The van der Waals surface area contributed by atoms with Gasteiger partial charge in [0.1, 0.15) is 5.82 Å². The van der Waals surface area contributed by atoms with Gasteiger partial charge in [0.05, 0.1) is 6.04 Å². The van der Waals surface area contributed by atoms with Crippen LogP contribution in [0.2, 0.25) is 0 Å². The lowest BCUT2D eigenvalue weighted by Crippen LogP contribution is -2.40. The molecule has 0 fully saturated rings. The Labute approximate surface area is 107 Å². The Hall–Kier alpha value is -1.13. The number of nitrogens with zero attached hydrogens (tertiary/aromatic N) is 1. The van der Waals surface area contributed by atoms with Gasteiger partial charge in [0.25, 0.3) is 0 Å². The summed E-state index contributed by atoms with van der Waals surface area (Å²) in [5, 5.41) is 0. The summed E-state index contributed by atoms with van der Waals surface area (Å²) in [6.45, 7) is 2.25. The minimum Gasteiger partial charge on any atom is -0.344 e. The maximum atomic E-state index is 12.6. The van der Waals surface area contributed by atoms with Crippen LogP contribution >= 0.6 is 12.4 Å². The fraction of sp³-hybridized carbons (Fsp3) is 0.417. The van der Waals surface area contributed by atoms with Crippen molar-refractivity contribution in [3.63, 3.8) is 0 Å². The Balaban J connectivity index is 0.00000256. The van der Waals surface area contributed by atoms with E-state index in [1.54, 1.807) is 31.0 Å². The lowest BCUT2D eigenvalue weighted by Gasteiger charge is -2.19. The SMILES string of the molecule is CC(N)C(=O)N(C)CCc1ccc(F)cc1.Cl. The van der Waals surface area contributed by atoms with Gasteiger partial charge < -0.3 is 10.6 Å². The van der Waals surface area contributed by atoms with Crippen molar-refractivity contribution in [2.75, 3.05) is 13.6 Å². The van der Waals surface area contributed by atoms with Crippen LogP contribution in [0.5, 0.6) is 0 Å². The summed E-state index contributed by atoms with van der Waals surface area (Å²) in [5.74, 6) is -0.328. The normalized spacial score (nSPS) is 11.5. The monoisotopic (exact) mass is 260 g/mol. The van der Waals surface area contributed by atoms with Crippen molar-refractivity contribution < 1.29 is 9.18 Å². The summed E-state index contributed by atoms with van der Waals surface area (Å²) in [5.41, 5.74) is 6.49. The lowest BCUT2D eigenvalue weighted by molar-refractivity contribution is -0.130. The van der Waals surface area contributed by atoms with E-state index in [4.69, 9.17) is 5.73 Å². The van der Waals surface area contributed by atoms with Gasteiger partial charge in [-0.25, -0.2) is 4.39 Å². The molecule has 0 heterocycles. The molecule has 0 aliphatic heterocycles. The molecule has 1 atom stereocenters. The fourth-order valence-electron chi connectivity index (χ4n) is 1.41. The van der Waals surface area contributed by atoms with Gasteiger partial charge in [-0.15, -0.1) is 12.4 Å². The predicted molar refractivity (Wildman–Crippen MR) is 68.6 cm³/mol. The highest BCUT2D eigenvalue weighted by molar-refractivity contribution is 5.85. The van der Waals surface area contributed by atoms with E-state index in [1.807, 2.05) is 0 Å². The Bertz CT molecular complexity index is 354.